The van der Waals surface area contributed by atoms with Crippen LogP contribution in [0.3, 0.4) is 0 Å². The van der Waals surface area contributed by atoms with Gasteiger partial charge in [0, 0.05) is 18.4 Å². The Bertz CT molecular complexity index is 189. The molecule has 1 fully saturated rings. The molecule has 0 unspecified atom stereocenters. The smallest absolute Gasteiger partial charge is 0.0267 e. The number of rotatable bonds is 1. The number of nitrogens with zero attached hydrogens (tertiary/aromatic N) is 1. The van der Waals surface area contributed by atoms with Crippen LogP contribution in [0.5, 0.6) is 0 Å². The van der Waals surface area contributed by atoms with E-state index in [0.717, 1.165) is 0 Å². The van der Waals surface area contributed by atoms with E-state index in [9.17, 15) is 0 Å². The van der Waals surface area contributed by atoms with E-state index >= 15 is 0 Å². The van der Waals surface area contributed by atoms with Crippen LogP contribution in [0.4, 0.5) is 0 Å². The fourth-order valence-corrected chi connectivity index (χ4v) is 1.45. The molecule has 17 heavy (non-hydrogen) atoms. The third kappa shape index (κ3) is 13.0. The number of pyridine rings is 1. The van der Waals surface area contributed by atoms with E-state index in [4.69, 9.17) is 5.73 Å². The zero-order valence-electron chi connectivity index (χ0n) is 11.4. The predicted octanol–water partition coefficient (Wildman–Crippen LogP) is 4.17. The maximum Gasteiger partial charge on any atom is 0.0267 e. The van der Waals surface area contributed by atoms with Crippen LogP contribution in [0, 0.1) is 0 Å². The van der Waals surface area contributed by atoms with Crippen LogP contribution in [0.1, 0.15) is 58.8 Å². The Morgan fingerprint density at radius 2 is 1.47 bits per heavy atom. The molecular formula is C15H28N2. The molecule has 2 rings (SSSR count). The summed E-state index contributed by atoms with van der Waals surface area (Å²) in [5.74, 6) is 0. The average molecular weight is 236 g/mol. The van der Waals surface area contributed by atoms with Crippen molar-refractivity contribution in [3.05, 3.63) is 30.6 Å². The van der Waals surface area contributed by atoms with Gasteiger partial charge in [0.2, 0.25) is 0 Å². The molecule has 0 amide bonds. The van der Waals surface area contributed by atoms with Crippen LogP contribution in [-0.4, -0.2) is 11.0 Å². The standard InChI is InChI=1S/C6H13N.C5H5N.C4H10/c7-6-4-2-1-3-5-6;1-2-4-6-5-3-1;1-3-4-2/h6H,1-5,7H2;1-5H;3-4H2,1-2H3. The molecular weight excluding hydrogens is 208 g/mol. The average Bonchev–Trinajstić information content (AvgIpc) is 2.43. The highest BCUT2D eigenvalue weighted by Gasteiger charge is 2.06. The summed E-state index contributed by atoms with van der Waals surface area (Å²) in [5.41, 5.74) is 5.63. The Labute approximate surface area is 107 Å². The van der Waals surface area contributed by atoms with Gasteiger partial charge in [-0.2, -0.15) is 0 Å². The molecule has 1 saturated carbocycles. The minimum absolute atomic E-state index is 0.536. The molecule has 98 valence electrons. The number of hydrogen-bond donors (Lipinski definition) is 1. The topological polar surface area (TPSA) is 38.9 Å². The van der Waals surface area contributed by atoms with Crippen LogP contribution in [0.2, 0.25) is 0 Å². The molecule has 0 aliphatic heterocycles. The Balaban J connectivity index is 0.000000236. The Morgan fingerprint density at radius 3 is 1.65 bits per heavy atom. The van der Waals surface area contributed by atoms with E-state index in [1.165, 1.54) is 44.9 Å². The first-order valence-corrected chi connectivity index (χ1v) is 6.91. The summed E-state index contributed by atoms with van der Waals surface area (Å²) in [4.78, 5) is 3.78. The minimum Gasteiger partial charge on any atom is -0.328 e. The largest absolute Gasteiger partial charge is 0.328 e. The van der Waals surface area contributed by atoms with Crippen molar-refractivity contribution in [2.24, 2.45) is 5.73 Å². The number of nitrogens with two attached hydrogens (primary N) is 1. The molecule has 2 N–H and O–H groups in total. The lowest BCUT2D eigenvalue weighted by atomic mass is 9.97. The summed E-state index contributed by atoms with van der Waals surface area (Å²) in [6.07, 6.45) is 12.8. The zero-order valence-corrected chi connectivity index (χ0v) is 11.4. The second kappa shape index (κ2) is 13.2. The normalized spacial score (nSPS) is 15.0. The third-order valence-electron chi connectivity index (χ3n) is 2.72. The SMILES string of the molecule is CCCC.NC1CCCCC1.c1ccncc1. The molecule has 2 heteroatoms. The van der Waals surface area contributed by atoms with Crippen LogP contribution in [0.25, 0.3) is 0 Å². The Morgan fingerprint density at radius 1 is 0.941 bits per heavy atom. The maximum atomic E-state index is 5.63. The first-order valence-electron chi connectivity index (χ1n) is 6.91. The lowest BCUT2D eigenvalue weighted by Gasteiger charge is -2.15. The van der Waals surface area contributed by atoms with Crippen molar-refractivity contribution in [2.75, 3.05) is 0 Å². The number of unbranched alkanes of at least 4 members (excludes halogenated alkanes) is 1. The van der Waals surface area contributed by atoms with Gasteiger partial charge in [0.25, 0.3) is 0 Å². The van der Waals surface area contributed by atoms with Gasteiger partial charge in [0.1, 0.15) is 0 Å². The molecule has 1 aliphatic carbocycles. The molecule has 0 saturated heterocycles. The van der Waals surface area contributed by atoms with E-state index in [-0.39, 0.29) is 0 Å². The van der Waals surface area contributed by atoms with Crippen molar-refractivity contribution in [2.45, 2.75) is 64.8 Å². The molecule has 1 heterocycles. The second-order valence-corrected chi connectivity index (χ2v) is 4.42. The highest BCUT2D eigenvalue weighted by Crippen LogP contribution is 2.14. The van der Waals surface area contributed by atoms with E-state index < -0.39 is 0 Å². The van der Waals surface area contributed by atoms with Gasteiger partial charge in [-0.1, -0.05) is 52.0 Å². The van der Waals surface area contributed by atoms with Gasteiger partial charge in [-0.05, 0) is 25.0 Å². The molecule has 1 aromatic heterocycles. The fourth-order valence-electron chi connectivity index (χ4n) is 1.45. The van der Waals surface area contributed by atoms with Crippen molar-refractivity contribution in [3.63, 3.8) is 0 Å². The zero-order chi connectivity index (χ0) is 12.8. The van der Waals surface area contributed by atoms with E-state index in [2.05, 4.69) is 18.8 Å². The van der Waals surface area contributed by atoms with E-state index in [1.807, 2.05) is 18.2 Å². The van der Waals surface area contributed by atoms with E-state index in [1.54, 1.807) is 12.4 Å². The molecule has 1 aromatic rings. The third-order valence-corrected chi connectivity index (χ3v) is 2.72. The second-order valence-electron chi connectivity index (χ2n) is 4.42. The van der Waals surface area contributed by atoms with Crippen molar-refractivity contribution in [1.82, 2.24) is 4.98 Å². The molecule has 0 bridgehead atoms. The van der Waals surface area contributed by atoms with Crippen LogP contribution >= 0.6 is 0 Å². The summed E-state index contributed by atoms with van der Waals surface area (Å²) in [6, 6.07) is 6.25. The summed E-state index contributed by atoms with van der Waals surface area (Å²) in [7, 11) is 0. The quantitative estimate of drug-likeness (QED) is 0.795. The fraction of sp³-hybridized carbons (Fsp3) is 0.667. The Kier molecular flexibility index (Phi) is 12.5. The predicted molar refractivity (Wildman–Crippen MR) is 75.9 cm³/mol. The summed E-state index contributed by atoms with van der Waals surface area (Å²) in [5, 5.41) is 0. The van der Waals surface area contributed by atoms with Crippen molar-refractivity contribution in [3.8, 4) is 0 Å². The van der Waals surface area contributed by atoms with Gasteiger partial charge in [-0.25, -0.2) is 0 Å². The first kappa shape index (κ1) is 16.1. The van der Waals surface area contributed by atoms with Gasteiger partial charge in [0.15, 0.2) is 0 Å². The van der Waals surface area contributed by atoms with Gasteiger partial charge in [-0.15, -0.1) is 0 Å². The molecule has 0 spiro atoms. The van der Waals surface area contributed by atoms with Crippen LogP contribution < -0.4 is 5.73 Å². The molecule has 1 aliphatic rings. The highest BCUT2D eigenvalue weighted by molar-refractivity contribution is 4.88. The van der Waals surface area contributed by atoms with Crippen molar-refractivity contribution in [1.29, 1.82) is 0 Å². The summed E-state index contributed by atoms with van der Waals surface area (Å²) in [6.45, 7) is 4.36. The van der Waals surface area contributed by atoms with Crippen molar-refractivity contribution >= 4 is 0 Å². The lowest BCUT2D eigenvalue weighted by molar-refractivity contribution is 0.441. The van der Waals surface area contributed by atoms with Gasteiger partial charge < -0.3 is 5.73 Å². The van der Waals surface area contributed by atoms with E-state index in [0.29, 0.717) is 6.04 Å². The molecule has 0 aromatic carbocycles. The first-order chi connectivity index (χ1) is 8.31. The summed E-state index contributed by atoms with van der Waals surface area (Å²) < 4.78 is 0. The highest BCUT2D eigenvalue weighted by atomic mass is 14.6. The van der Waals surface area contributed by atoms with Gasteiger partial charge >= 0.3 is 0 Å². The molecule has 0 atom stereocenters. The lowest BCUT2D eigenvalue weighted by Crippen LogP contribution is -2.22. The maximum absolute atomic E-state index is 5.63. The monoisotopic (exact) mass is 236 g/mol. The molecule has 0 radical (unpaired) electrons. The minimum atomic E-state index is 0.536. The van der Waals surface area contributed by atoms with Gasteiger partial charge in [0.05, 0.1) is 0 Å². The number of aromatic nitrogens is 1. The van der Waals surface area contributed by atoms with Crippen molar-refractivity contribution < 1.29 is 0 Å². The molecule has 2 nitrogen and oxygen atoms in total. The number of hydrogen-bond acceptors (Lipinski definition) is 2. The Hall–Kier alpha value is -0.890. The van der Waals surface area contributed by atoms with Crippen LogP contribution in [0.15, 0.2) is 30.6 Å². The van der Waals surface area contributed by atoms with Gasteiger partial charge in [-0.3, -0.25) is 4.98 Å². The summed E-state index contributed by atoms with van der Waals surface area (Å²) >= 11 is 0. The van der Waals surface area contributed by atoms with Crippen LogP contribution in [-0.2, 0) is 0 Å².